The number of aliphatic carboxylic acids is 1. The first-order valence-electron chi connectivity index (χ1n) is 7.23. The number of carbonyl (C=O) groups excluding carboxylic acids is 2. The minimum absolute atomic E-state index is 0.164. The predicted molar refractivity (Wildman–Crippen MR) is 80.2 cm³/mol. The van der Waals surface area contributed by atoms with Crippen molar-refractivity contribution in [1.82, 2.24) is 10.2 Å². The lowest BCUT2D eigenvalue weighted by Gasteiger charge is -2.21. The lowest BCUT2D eigenvalue weighted by Crippen LogP contribution is -2.45. The van der Waals surface area contributed by atoms with Crippen molar-refractivity contribution in [3.05, 3.63) is 35.9 Å². The fourth-order valence-corrected chi connectivity index (χ4v) is 2.91. The third-order valence-electron chi connectivity index (χ3n) is 3.97. The van der Waals surface area contributed by atoms with Gasteiger partial charge in [0.25, 0.3) is 0 Å². The van der Waals surface area contributed by atoms with Crippen molar-refractivity contribution in [2.75, 3.05) is 13.1 Å². The van der Waals surface area contributed by atoms with Gasteiger partial charge in [0.1, 0.15) is 6.04 Å². The van der Waals surface area contributed by atoms with Crippen LogP contribution in [0.5, 0.6) is 0 Å². The number of nitrogens with zero attached hydrogens (tertiary/aromatic N) is 1. The van der Waals surface area contributed by atoms with E-state index in [-0.39, 0.29) is 24.3 Å². The summed E-state index contributed by atoms with van der Waals surface area (Å²) in [5.41, 5.74) is 0.914. The number of carboxylic acid groups (broad SMARTS) is 1. The summed E-state index contributed by atoms with van der Waals surface area (Å²) in [5.74, 6) is -2.30. The Morgan fingerprint density at radius 3 is 2.41 bits per heavy atom. The van der Waals surface area contributed by atoms with Crippen molar-refractivity contribution in [3.8, 4) is 0 Å². The number of hydrogen-bond acceptors (Lipinski definition) is 3. The average molecular weight is 304 g/mol. The SMILES string of the molecule is CC(=O)NC(C)C(=O)N1CC(C(=O)O)C(c2ccccc2)C1. The van der Waals surface area contributed by atoms with Gasteiger partial charge in [-0.3, -0.25) is 14.4 Å². The van der Waals surface area contributed by atoms with Crippen molar-refractivity contribution < 1.29 is 19.5 Å². The first kappa shape index (κ1) is 16.0. The molecule has 0 aromatic heterocycles. The second-order valence-electron chi connectivity index (χ2n) is 5.63. The third-order valence-corrected chi connectivity index (χ3v) is 3.97. The molecule has 1 fully saturated rings. The minimum Gasteiger partial charge on any atom is -0.481 e. The van der Waals surface area contributed by atoms with Crippen LogP contribution in [0, 0.1) is 5.92 Å². The average Bonchev–Trinajstić information content (AvgIpc) is 2.92. The van der Waals surface area contributed by atoms with Gasteiger partial charge in [-0.05, 0) is 12.5 Å². The van der Waals surface area contributed by atoms with Crippen LogP contribution in [0.15, 0.2) is 30.3 Å². The lowest BCUT2D eigenvalue weighted by molar-refractivity contribution is -0.142. The molecule has 1 saturated heterocycles. The molecule has 2 N–H and O–H groups in total. The first-order valence-corrected chi connectivity index (χ1v) is 7.23. The van der Waals surface area contributed by atoms with E-state index in [1.807, 2.05) is 30.3 Å². The molecule has 6 heteroatoms. The smallest absolute Gasteiger partial charge is 0.308 e. The van der Waals surface area contributed by atoms with Gasteiger partial charge in [0.2, 0.25) is 11.8 Å². The van der Waals surface area contributed by atoms with Crippen molar-refractivity contribution >= 4 is 17.8 Å². The van der Waals surface area contributed by atoms with Crippen molar-refractivity contribution in [2.45, 2.75) is 25.8 Å². The quantitative estimate of drug-likeness (QED) is 0.863. The molecule has 1 aromatic carbocycles. The monoisotopic (exact) mass is 304 g/mol. The Bertz CT molecular complexity index is 573. The van der Waals surface area contributed by atoms with E-state index < -0.39 is 17.9 Å². The second-order valence-corrected chi connectivity index (χ2v) is 5.63. The number of likely N-dealkylation sites (tertiary alicyclic amines) is 1. The standard InChI is InChI=1S/C16H20N2O4/c1-10(17-11(2)19)15(20)18-8-13(14(9-18)16(21)22)12-6-4-3-5-7-12/h3-7,10,13-14H,8-9H2,1-2H3,(H,17,19)(H,21,22). The lowest BCUT2D eigenvalue weighted by atomic mass is 9.89. The van der Waals surface area contributed by atoms with Gasteiger partial charge >= 0.3 is 5.97 Å². The molecule has 3 unspecified atom stereocenters. The molecule has 0 radical (unpaired) electrons. The molecule has 6 nitrogen and oxygen atoms in total. The van der Waals surface area contributed by atoms with Gasteiger partial charge in [0.15, 0.2) is 0 Å². The van der Waals surface area contributed by atoms with E-state index in [2.05, 4.69) is 5.32 Å². The van der Waals surface area contributed by atoms with Crippen LogP contribution < -0.4 is 5.32 Å². The number of benzene rings is 1. The molecule has 2 rings (SSSR count). The molecule has 0 aliphatic carbocycles. The van der Waals surface area contributed by atoms with Gasteiger partial charge in [-0.1, -0.05) is 30.3 Å². The van der Waals surface area contributed by atoms with Gasteiger partial charge in [-0.25, -0.2) is 0 Å². The number of nitrogens with one attached hydrogen (secondary N) is 1. The molecule has 0 spiro atoms. The van der Waals surface area contributed by atoms with E-state index >= 15 is 0 Å². The van der Waals surface area contributed by atoms with Gasteiger partial charge in [0.05, 0.1) is 5.92 Å². The molecule has 3 atom stereocenters. The third kappa shape index (κ3) is 3.44. The highest BCUT2D eigenvalue weighted by Gasteiger charge is 2.41. The Labute approximate surface area is 129 Å². The summed E-state index contributed by atoms with van der Waals surface area (Å²) in [6, 6.07) is 8.70. The van der Waals surface area contributed by atoms with E-state index in [4.69, 9.17) is 0 Å². The summed E-state index contributed by atoms with van der Waals surface area (Å²) in [6.07, 6.45) is 0. The summed E-state index contributed by atoms with van der Waals surface area (Å²) in [7, 11) is 0. The predicted octanol–water partition coefficient (Wildman–Crippen LogP) is 0.838. The number of amides is 2. The number of carbonyl (C=O) groups is 3. The minimum atomic E-state index is -0.906. The maximum absolute atomic E-state index is 12.3. The zero-order chi connectivity index (χ0) is 16.3. The summed E-state index contributed by atoms with van der Waals surface area (Å²) in [5, 5.41) is 12.0. The molecule has 1 aliphatic heterocycles. The fourth-order valence-electron chi connectivity index (χ4n) is 2.91. The molecule has 1 heterocycles. The van der Waals surface area contributed by atoms with Crippen LogP contribution in [0.2, 0.25) is 0 Å². The first-order chi connectivity index (χ1) is 10.4. The van der Waals surface area contributed by atoms with E-state index in [1.165, 1.54) is 11.8 Å². The van der Waals surface area contributed by atoms with Crippen molar-refractivity contribution in [1.29, 1.82) is 0 Å². The van der Waals surface area contributed by atoms with Crippen LogP contribution in [-0.2, 0) is 14.4 Å². The highest BCUT2D eigenvalue weighted by Crippen LogP contribution is 2.33. The Morgan fingerprint density at radius 1 is 1.23 bits per heavy atom. The molecular weight excluding hydrogens is 284 g/mol. The van der Waals surface area contributed by atoms with Gasteiger partial charge in [0, 0.05) is 25.9 Å². The molecule has 2 amide bonds. The molecular formula is C16H20N2O4. The zero-order valence-electron chi connectivity index (χ0n) is 12.7. The van der Waals surface area contributed by atoms with Crippen LogP contribution in [-0.4, -0.2) is 46.9 Å². The Balaban J connectivity index is 2.15. The maximum atomic E-state index is 12.3. The largest absolute Gasteiger partial charge is 0.481 e. The van der Waals surface area contributed by atoms with E-state index in [0.29, 0.717) is 6.54 Å². The van der Waals surface area contributed by atoms with Gasteiger partial charge in [-0.15, -0.1) is 0 Å². The van der Waals surface area contributed by atoms with Crippen LogP contribution in [0.4, 0.5) is 0 Å². The zero-order valence-corrected chi connectivity index (χ0v) is 12.7. The van der Waals surface area contributed by atoms with Crippen LogP contribution in [0.1, 0.15) is 25.3 Å². The van der Waals surface area contributed by atoms with E-state index in [0.717, 1.165) is 5.56 Å². The summed E-state index contributed by atoms with van der Waals surface area (Å²) < 4.78 is 0. The maximum Gasteiger partial charge on any atom is 0.308 e. The highest BCUT2D eigenvalue weighted by atomic mass is 16.4. The molecule has 0 bridgehead atoms. The van der Waals surface area contributed by atoms with Crippen molar-refractivity contribution in [2.24, 2.45) is 5.92 Å². The molecule has 22 heavy (non-hydrogen) atoms. The van der Waals surface area contributed by atoms with Crippen LogP contribution in [0.25, 0.3) is 0 Å². The Morgan fingerprint density at radius 2 is 1.86 bits per heavy atom. The molecule has 0 saturated carbocycles. The number of hydrogen-bond donors (Lipinski definition) is 2. The normalized spacial score (nSPS) is 22.2. The van der Waals surface area contributed by atoms with E-state index in [9.17, 15) is 19.5 Å². The Kier molecular flexibility index (Phi) is 4.80. The highest BCUT2D eigenvalue weighted by molar-refractivity contribution is 5.87. The molecule has 1 aromatic rings. The van der Waals surface area contributed by atoms with Gasteiger partial charge in [-0.2, -0.15) is 0 Å². The molecule has 1 aliphatic rings. The summed E-state index contributed by atoms with van der Waals surface area (Å²) in [6.45, 7) is 3.47. The summed E-state index contributed by atoms with van der Waals surface area (Å²) in [4.78, 5) is 36.4. The molecule has 118 valence electrons. The van der Waals surface area contributed by atoms with Crippen LogP contribution in [0.3, 0.4) is 0 Å². The number of rotatable bonds is 4. The van der Waals surface area contributed by atoms with E-state index in [1.54, 1.807) is 6.92 Å². The Hall–Kier alpha value is -2.37. The fraction of sp³-hybridized carbons (Fsp3) is 0.438. The topological polar surface area (TPSA) is 86.7 Å². The second kappa shape index (κ2) is 6.60. The van der Waals surface area contributed by atoms with Crippen molar-refractivity contribution in [3.63, 3.8) is 0 Å². The van der Waals surface area contributed by atoms with Crippen LogP contribution >= 0.6 is 0 Å². The van der Waals surface area contributed by atoms with Gasteiger partial charge < -0.3 is 15.3 Å². The number of carboxylic acids is 1. The summed E-state index contributed by atoms with van der Waals surface area (Å²) >= 11 is 0.